The molecule has 1 aliphatic rings. The maximum atomic E-state index is 12.4. The number of benzene rings is 1. The van der Waals surface area contributed by atoms with Crippen LogP contribution in [0.2, 0.25) is 10.0 Å². The zero-order chi connectivity index (χ0) is 15.0. The molecule has 0 radical (unpaired) electrons. The normalized spacial score (nSPS) is 19.6. The summed E-state index contributed by atoms with van der Waals surface area (Å²) >= 11 is 11.9. The number of urea groups is 1. The topological polar surface area (TPSA) is 66.5 Å². The first kappa shape index (κ1) is 14.8. The van der Waals surface area contributed by atoms with E-state index in [2.05, 4.69) is 5.32 Å². The van der Waals surface area contributed by atoms with Gasteiger partial charge in [0.1, 0.15) is 5.92 Å². The van der Waals surface area contributed by atoms with Crippen LogP contribution in [0.3, 0.4) is 0 Å². The van der Waals surface area contributed by atoms with Crippen molar-refractivity contribution in [3.8, 4) is 0 Å². The molecule has 1 unspecified atom stereocenters. The number of imide groups is 2. The van der Waals surface area contributed by atoms with E-state index in [0.29, 0.717) is 0 Å². The van der Waals surface area contributed by atoms with Crippen LogP contribution in [0.25, 0.3) is 0 Å². The molecule has 0 saturated carbocycles. The molecule has 1 aromatic rings. The first-order chi connectivity index (χ1) is 9.34. The number of barbiturate groups is 1. The average Bonchev–Trinajstić information content (AvgIpc) is 2.33. The number of halogens is 2. The molecule has 1 aromatic carbocycles. The van der Waals surface area contributed by atoms with E-state index in [1.165, 1.54) is 6.07 Å². The fourth-order valence-corrected chi connectivity index (χ4v) is 2.45. The summed E-state index contributed by atoms with van der Waals surface area (Å²) in [6, 6.07) is 3.80. The quantitative estimate of drug-likeness (QED) is 0.853. The van der Waals surface area contributed by atoms with Gasteiger partial charge in [-0.2, -0.15) is 0 Å². The number of carbonyl (C=O) groups is 3. The van der Waals surface area contributed by atoms with Crippen molar-refractivity contribution in [2.24, 2.45) is 11.8 Å². The summed E-state index contributed by atoms with van der Waals surface area (Å²) in [5.74, 6) is -2.36. The molecule has 2 rings (SSSR count). The van der Waals surface area contributed by atoms with Crippen molar-refractivity contribution in [3.05, 3.63) is 28.2 Å². The molecule has 0 spiro atoms. The molecule has 20 heavy (non-hydrogen) atoms. The van der Waals surface area contributed by atoms with Gasteiger partial charge in [0, 0.05) is 0 Å². The Morgan fingerprint density at radius 1 is 1.20 bits per heavy atom. The zero-order valence-electron chi connectivity index (χ0n) is 10.8. The summed E-state index contributed by atoms with van der Waals surface area (Å²) in [4.78, 5) is 36.9. The van der Waals surface area contributed by atoms with Crippen LogP contribution in [0.1, 0.15) is 13.8 Å². The first-order valence-electron chi connectivity index (χ1n) is 5.97. The smallest absolute Gasteiger partial charge is 0.277 e. The van der Waals surface area contributed by atoms with Gasteiger partial charge in [-0.15, -0.1) is 0 Å². The van der Waals surface area contributed by atoms with Gasteiger partial charge in [0.2, 0.25) is 11.8 Å². The molecule has 1 fully saturated rings. The molecule has 5 nitrogen and oxygen atoms in total. The van der Waals surface area contributed by atoms with Crippen LogP contribution < -0.4 is 10.2 Å². The minimum absolute atomic E-state index is 0.0921. The lowest BCUT2D eigenvalue weighted by atomic mass is 9.92. The van der Waals surface area contributed by atoms with Crippen LogP contribution in [0, 0.1) is 11.8 Å². The Bertz CT molecular complexity index is 601. The van der Waals surface area contributed by atoms with E-state index in [1.54, 1.807) is 26.0 Å². The van der Waals surface area contributed by atoms with Gasteiger partial charge in [-0.05, 0) is 18.1 Å². The fourth-order valence-electron chi connectivity index (χ4n) is 2.07. The van der Waals surface area contributed by atoms with Crippen molar-refractivity contribution in [1.82, 2.24) is 5.32 Å². The highest BCUT2D eigenvalue weighted by atomic mass is 35.5. The predicted octanol–water partition coefficient (Wildman–Crippen LogP) is 2.85. The Hall–Kier alpha value is -1.59. The Morgan fingerprint density at radius 2 is 1.85 bits per heavy atom. The second-order valence-corrected chi connectivity index (χ2v) is 5.55. The van der Waals surface area contributed by atoms with E-state index in [9.17, 15) is 14.4 Å². The van der Waals surface area contributed by atoms with E-state index in [0.717, 1.165) is 4.90 Å². The van der Waals surface area contributed by atoms with Crippen molar-refractivity contribution in [2.75, 3.05) is 4.90 Å². The number of anilines is 1. The summed E-state index contributed by atoms with van der Waals surface area (Å²) in [6.07, 6.45) is 0. The van der Waals surface area contributed by atoms with Crippen molar-refractivity contribution in [2.45, 2.75) is 13.8 Å². The van der Waals surface area contributed by atoms with E-state index in [-0.39, 0.29) is 21.7 Å². The molecular formula is C13H12Cl2N2O3. The van der Waals surface area contributed by atoms with Crippen LogP contribution in [0.4, 0.5) is 10.5 Å². The van der Waals surface area contributed by atoms with Gasteiger partial charge in [0.05, 0.1) is 15.7 Å². The minimum atomic E-state index is -0.928. The molecule has 4 amide bonds. The Morgan fingerprint density at radius 3 is 2.45 bits per heavy atom. The number of amides is 4. The molecule has 1 atom stereocenters. The highest BCUT2D eigenvalue weighted by Crippen LogP contribution is 2.34. The van der Waals surface area contributed by atoms with Crippen molar-refractivity contribution in [1.29, 1.82) is 0 Å². The van der Waals surface area contributed by atoms with Crippen molar-refractivity contribution < 1.29 is 14.4 Å². The van der Waals surface area contributed by atoms with Crippen LogP contribution >= 0.6 is 23.2 Å². The molecule has 0 aromatic heterocycles. The van der Waals surface area contributed by atoms with E-state index in [1.807, 2.05) is 0 Å². The summed E-state index contributed by atoms with van der Waals surface area (Å²) < 4.78 is 0. The number of nitrogens with one attached hydrogen (secondary N) is 1. The van der Waals surface area contributed by atoms with Gasteiger partial charge in [-0.3, -0.25) is 14.9 Å². The van der Waals surface area contributed by atoms with Gasteiger partial charge in [0.25, 0.3) is 0 Å². The molecule has 7 heteroatoms. The Balaban J connectivity index is 2.49. The third-order valence-corrected chi connectivity index (χ3v) is 3.85. The third-order valence-electron chi connectivity index (χ3n) is 3.04. The van der Waals surface area contributed by atoms with Crippen molar-refractivity contribution in [3.63, 3.8) is 0 Å². The molecule has 0 aliphatic carbocycles. The Labute approximate surface area is 125 Å². The maximum Gasteiger partial charge on any atom is 0.335 e. The minimum Gasteiger partial charge on any atom is -0.277 e. The van der Waals surface area contributed by atoms with E-state index in [4.69, 9.17) is 23.2 Å². The first-order valence-corrected chi connectivity index (χ1v) is 6.73. The monoisotopic (exact) mass is 314 g/mol. The molecule has 1 aliphatic heterocycles. The summed E-state index contributed by atoms with van der Waals surface area (Å²) in [5, 5.41) is 2.48. The third kappa shape index (κ3) is 2.39. The maximum absolute atomic E-state index is 12.4. The molecular weight excluding hydrogens is 303 g/mol. The van der Waals surface area contributed by atoms with Crippen LogP contribution in [-0.2, 0) is 9.59 Å². The largest absolute Gasteiger partial charge is 0.335 e. The summed E-state index contributed by atoms with van der Waals surface area (Å²) in [5.41, 5.74) is 0.166. The number of carbonyl (C=O) groups excluding carboxylic acids is 3. The van der Waals surface area contributed by atoms with Gasteiger partial charge >= 0.3 is 6.03 Å². The van der Waals surface area contributed by atoms with Crippen LogP contribution in [-0.4, -0.2) is 17.8 Å². The Kier molecular flexibility index (Phi) is 4.01. The van der Waals surface area contributed by atoms with Gasteiger partial charge in [-0.1, -0.05) is 43.1 Å². The van der Waals surface area contributed by atoms with Gasteiger partial charge in [0.15, 0.2) is 0 Å². The average molecular weight is 315 g/mol. The van der Waals surface area contributed by atoms with Gasteiger partial charge < -0.3 is 0 Å². The van der Waals surface area contributed by atoms with E-state index >= 15 is 0 Å². The zero-order valence-corrected chi connectivity index (χ0v) is 12.3. The SMILES string of the molecule is CC(C)C1C(=O)NC(=O)N(c2cccc(Cl)c2Cl)C1=O. The van der Waals surface area contributed by atoms with Gasteiger partial charge in [-0.25, -0.2) is 9.69 Å². The number of nitrogens with zero attached hydrogens (tertiary/aromatic N) is 1. The second kappa shape index (κ2) is 5.42. The lowest BCUT2D eigenvalue weighted by Crippen LogP contribution is -2.59. The molecule has 1 heterocycles. The summed E-state index contributed by atoms with van der Waals surface area (Å²) in [6.45, 7) is 3.46. The predicted molar refractivity (Wildman–Crippen MR) is 75.8 cm³/mol. The lowest BCUT2D eigenvalue weighted by Gasteiger charge is -2.32. The van der Waals surface area contributed by atoms with Crippen molar-refractivity contribution >= 4 is 46.7 Å². The van der Waals surface area contributed by atoms with Crippen LogP contribution in [0.15, 0.2) is 18.2 Å². The number of rotatable bonds is 2. The molecule has 106 valence electrons. The lowest BCUT2D eigenvalue weighted by molar-refractivity contribution is -0.136. The summed E-state index contributed by atoms with van der Waals surface area (Å²) in [7, 11) is 0. The molecule has 0 bridgehead atoms. The molecule has 1 N–H and O–H groups in total. The fraction of sp³-hybridized carbons (Fsp3) is 0.308. The number of hydrogen-bond acceptors (Lipinski definition) is 3. The number of hydrogen-bond donors (Lipinski definition) is 1. The van der Waals surface area contributed by atoms with Crippen LogP contribution in [0.5, 0.6) is 0 Å². The highest BCUT2D eigenvalue weighted by molar-refractivity contribution is 6.45. The highest BCUT2D eigenvalue weighted by Gasteiger charge is 2.43. The van der Waals surface area contributed by atoms with E-state index < -0.39 is 23.8 Å². The second-order valence-electron chi connectivity index (χ2n) is 4.76. The standard InChI is InChI=1S/C13H12Cl2N2O3/c1-6(2)9-11(18)16-13(20)17(12(9)19)8-5-3-4-7(14)10(8)15/h3-6,9H,1-2H3,(H,16,18,20). The molecule has 1 saturated heterocycles.